The van der Waals surface area contributed by atoms with Crippen molar-refractivity contribution in [2.75, 3.05) is 0 Å². The average Bonchev–Trinajstić information content (AvgIpc) is 3.13. The molecule has 0 saturated heterocycles. The van der Waals surface area contributed by atoms with E-state index in [4.69, 9.17) is 0 Å². The van der Waals surface area contributed by atoms with Crippen LogP contribution in [0.4, 0.5) is 0 Å². The molecule has 0 heteroatoms. The topological polar surface area (TPSA) is 0 Å². The zero-order valence-corrected chi connectivity index (χ0v) is 22.1. The molecule has 2 aromatic rings. The first-order valence-electron chi connectivity index (χ1n) is 14.2. The molecule has 0 radical (unpaired) electrons. The van der Waals surface area contributed by atoms with E-state index in [0.717, 1.165) is 6.42 Å². The normalized spacial score (nSPS) is 32.1. The third kappa shape index (κ3) is 2.42. The van der Waals surface area contributed by atoms with Crippen molar-refractivity contribution in [3.8, 4) is 0 Å². The van der Waals surface area contributed by atoms with Crippen molar-refractivity contribution in [2.24, 2.45) is 23.7 Å². The SMILES string of the molecule is CC1(C)C2=C3c4c(ccc5cccc1c45)C(C)(C)C3C(C1=C3C=CCCC3CC=C1)C1CC=CC=C21. The van der Waals surface area contributed by atoms with E-state index >= 15 is 0 Å². The molecule has 0 aromatic heterocycles. The van der Waals surface area contributed by atoms with Crippen LogP contribution in [-0.4, -0.2) is 0 Å². The van der Waals surface area contributed by atoms with Gasteiger partial charge >= 0.3 is 0 Å². The second kappa shape index (κ2) is 6.91. The van der Waals surface area contributed by atoms with Gasteiger partial charge in [0.05, 0.1) is 0 Å². The van der Waals surface area contributed by atoms with Gasteiger partial charge in [0.2, 0.25) is 0 Å². The van der Waals surface area contributed by atoms with Crippen LogP contribution >= 0.6 is 0 Å². The van der Waals surface area contributed by atoms with Crippen LogP contribution in [0, 0.1) is 23.7 Å². The highest BCUT2D eigenvalue weighted by atomic mass is 14.6. The molecule has 0 nitrogen and oxygen atoms in total. The number of benzene rings is 2. The van der Waals surface area contributed by atoms with Crippen molar-refractivity contribution in [3.05, 3.63) is 112 Å². The van der Waals surface area contributed by atoms with E-state index in [1.54, 1.807) is 39.0 Å². The fourth-order valence-corrected chi connectivity index (χ4v) is 9.32. The molecule has 4 atom stereocenters. The van der Waals surface area contributed by atoms with E-state index in [1.165, 1.54) is 35.6 Å². The number of rotatable bonds is 1. The van der Waals surface area contributed by atoms with Crippen molar-refractivity contribution >= 4 is 16.3 Å². The predicted octanol–water partition coefficient (Wildman–Crippen LogP) is 9.15. The third-order valence-corrected chi connectivity index (χ3v) is 10.8. The standard InChI is InChI=1S/C36H36/c1-35(2)27-18-10-13-22-19-20-28-31(29(22)27)32-33(35)26-16-8-7-15-25(26)30(34(32)36(28,3)4)24-17-9-12-21-11-5-6-14-23(21)24/h6-10,13-14,16-21,25,30,34H,5,11-12,15H2,1-4H3. The zero-order chi connectivity index (χ0) is 24.4. The molecule has 0 spiro atoms. The van der Waals surface area contributed by atoms with Crippen LogP contribution in [-0.2, 0) is 10.8 Å². The highest BCUT2D eigenvalue weighted by Gasteiger charge is 2.58. The molecule has 6 aliphatic carbocycles. The Morgan fingerprint density at radius 2 is 1.69 bits per heavy atom. The molecule has 2 aromatic carbocycles. The van der Waals surface area contributed by atoms with Gasteiger partial charge in [-0.15, -0.1) is 0 Å². The van der Waals surface area contributed by atoms with Gasteiger partial charge in [-0.1, -0.05) is 101 Å². The molecule has 0 fully saturated rings. The number of allylic oxidation sites excluding steroid dienone is 12. The molecule has 0 amide bonds. The zero-order valence-electron chi connectivity index (χ0n) is 22.1. The minimum atomic E-state index is 0.00681. The van der Waals surface area contributed by atoms with E-state index < -0.39 is 0 Å². The maximum atomic E-state index is 2.56. The van der Waals surface area contributed by atoms with Gasteiger partial charge in [-0.05, 0) is 104 Å². The highest BCUT2D eigenvalue weighted by Crippen LogP contribution is 2.68. The predicted molar refractivity (Wildman–Crippen MR) is 152 cm³/mol. The summed E-state index contributed by atoms with van der Waals surface area (Å²) in [6, 6.07) is 11.9. The molecule has 0 heterocycles. The first-order valence-corrected chi connectivity index (χ1v) is 14.2. The monoisotopic (exact) mass is 468 g/mol. The van der Waals surface area contributed by atoms with Gasteiger partial charge in [0.15, 0.2) is 0 Å². The lowest BCUT2D eigenvalue weighted by atomic mass is 9.52. The molecule has 0 saturated carbocycles. The molecule has 180 valence electrons. The van der Waals surface area contributed by atoms with Crippen LogP contribution in [0.2, 0.25) is 0 Å². The molecular weight excluding hydrogens is 432 g/mol. The molecule has 0 aliphatic heterocycles. The second-order valence-corrected chi connectivity index (χ2v) is 13.1. The van der Waals surface area contributed by atoms with Crippen LogP contribution in [0.1, 0.15) is 70.1 Å². The summed E-state index contributed by atoms with van der Waals surface area (Å²) >= 11 is 0. The third-order valence-electron chi connectivity index (χ3n) is 10.8. The molecule has 4 unspecified atom stereocenters. The first-order chi connectivity index (χ1) is 17.4. The summed E-state index contributed by atoms with van der Waals surface area (Å²) in [7, 11) is 0. The fourth-order valence-electron chi connectivity index (χ4n) is 9.32. The van der Waals surface area contributed by atoms with Crippen LogP contribution in [0.15, 0.2) is 95.2 Å². The highest BCUT2D eigenvalue weighted by molar-refractivity contribution is 6.06. The Balaban J connectivity index is 1.51. The molecule has 0 bridgehead atoms. The van der Waals surface area contributed by atoms with Gasteiger partial charge in [0.1, 0.15) is 0 Å². The van der Waals surface area contributed by atoms with Gasteiger partial charge in [0, 0.05) is 11.3 Å². The summed E-state index contributed by atoms with van der Waals surface area (Å²) in [5.41, 5.74) is 13.1. The summed E-state index contributed by atoms with van der Waals surface area (Å²) in [6.07, 6.45) is 22.2. The van der Waals surface area contributed by atoms with Gasteiger partial charge in [0.25, 0.3) is 0 Å². The summed E-state index contributed by atoms with van der Waals surface area (Å²) in [5, 5.41) is 2.94. The lowest BCUT2D eigenvalue weighted by molar-refractivity contribution is 0.250. The van der Waals surface area contributed by atoms with E-state index in [9.17, 15) is 0 Å². The summed E-state index contributed by atoms with van der Waals surface area (Å²) in [5.74, 6) is 2.29. The van der Waals surface area contributed by atoms with Crippen molar-refractivity contribution < 1.29 is 0 Å². The first kappa shape index (κ1) is 21.2. The fraction of sp³-hybridized carbons (Fsp3) is 0.389. The minimum absolute atomic E-state index is 0.00681. The number of fused-ring (bicyclic) bond motifs is 3. The van der Waals surface area contributed by atoms with E-state index in [1.807, 2.05) is 0 Å². The number of hydrogen-bond donors (Lipinski definition) is 0. The largest absolute Gasteiger partial charge is 0.0842 e. The molecule has 36 heavy (non-hydrogen) atoms. The average molecular weight is 469 g/mol. The van der Waals surface area contributed by atoms with Gasteiger partial charge < -0.3 is 0 Å². The van der Waals surface area contributed by atoms with E-state index in [-0.39, 0.29) is 10.8 Å². The van der Waals surface area contributed by atoms with Crippen molar-refractivity contribution in [2.45, 2.75) is 64.2 Å². The smallest absolute Gasteiger partial charge is 0.0158 e. The lowest BCUT2D eigenvalue weighted by Gasteiger charge is -2.51. The Morgan fingerprint density at radius 3 is 2.58 bits per heavy atom. The van der Waals surface area contributed by atoms with Gasteiger partial charge in [-0.3, -0.25) is 0 Å². The lowest BCUT2D eigenvalue weighted by Crippen LogP contribution is -2.43. The van der Waals surface area contributed by atoms with E-state index in [2.05, 4.69) is 101 Å². The molecule has 6 aliphatic rings. The summed E-state index contributed by atoms with van der Waals surface area (Å²) in [4.78, 5) is 0. The maximum Gasteiger partial charge on any atom is 0.0158 e. The Morgan fingerprint density at radius 1 is 0.833 bits per heavy atom. The van der Waals surface area contributed by atoms with Crippen molar-refractivity contribution in [1.82, 2.24) is 0 Å². The van der Waals surface area contributed by atoms with E-state index in [0.29, 0.717) is 23.7 Å². The summed E-state index contributed by atoms with van der Waals surface area (Å²) in [6.45, 7) is 10.1. The van der Waals surface area contributed by atoms with Crippen LogP contribution in [0.3, 0.4) is 0 Å². The molecule has 0 N–H and O–H groups in total. The minimum Gasteiger partial charge on any atom is -0.0842 e. The Bertz CT molecular complexity index is 1540. The Hall–Kier alpha value is -2.86. The van der Waals surface area contributed by atoms with Gasteiger partial charge in [-0.2, -0.15) is 0 Å². The van der Waals surface area contributed by atoms with Crippen LogP contribution < -0.4 is 0 Å². The quantitative estimate of drug-likeness (QED) is 0.391. The number of hydrogen-bond acceptors (Lipinski definition) is 0. The van der Waals surface area contributed by atoms with Crippen LogP contribution in [0.5, 0.6) is 0 Å². The summed E-state index contributed by atoms with van der Waals surface area (Å²) < 4.78 is 0. The van der Waals surface area contributed by atoms with Gasteiger partial charge in [-0.25, -0.2) is 0 Å². The van der Waals surface area contributed by atoms with Crippen molar-refractivity contribution in [3.63, 3.8) is 0 Å². The Kier molecular flexibility index (Phi) is 4.08. The Labute approximate surface area is 215 Å². The van der Waals surface area contributed by atoms with Crippen molar-refractivity contribution in [1.29, 1.82) is 0 Å². The molecular formula is C36H36. The second-order valence-electron chi connectivity index (χ2n) is 13.1. The molecule has 8 rings (SSSR count). The van der Waals surface area contributed by atoms with Crippen LogP contribution in [0.25, 0.3) is 16.3 Å². The maximum absolute atomic E-state index is 2.56.